The van der Waals surface area contributed by atoms with Crippen LogP contribution in [0.4, 0.5) is 0 Å². The third kappa shape index (κ3) is 7.13. The lowest BCUT2D eigenvalue weighted by molar-refractivity contribution is -0.138. The highest BCUT2D eigenvalue weighted by Gasteiger charge is 2.22. The van der Waals surface area contributed by atoms with Gasteiger partial charge in [0.1, 0.15) is 0 Å². The van der Waals surface area contributed by atoms with Gasteiger partial charge in [0.2, 0.25) is 0 Å². The van der Waals surface area contributed by atoms with Crippen LogP contribution >= 0.6 is 0 Å². The molecule has 0 saturated carbocycles. The van der Waals surface area contributed by atoms with Crippen molar-refractivity contribution in [3.8, 4) is 0 Å². The van der Waals surface area contributed by atoms with Gasteiger partial charge in [0.15, 0.2) is 0 Å². The van der Waals surface area contributed by atoms with Crippen molar-refractivity contribution >= 4 is 11.9 Å². The SMILES string of the molecule is C=C(CC(C)(C)CCCNC(=O)c1ccccc1)C(=O)OCC. The number of hydrogen-bond acceptors (Lipinski definition) is 3. The molecule has 1 N–H and O–H groups in total. The topological polar surface area (TPSA) is 55.4 Å². The molecule has 0 radical (unpaired) electrons. The molecule has 4 heteroatoms. The van der Waals surface area contributed by atoms with Crippen LogP contribution in [0.25, 0.3) is 0 Å². The first-order chi connectivity index (χ1) is 10.9. The van der Waals surface area contributed by atoms with Crippen molar-refractivity contribution in [2.75, 3.05) is 13.2 Å². The number of ether oxygens (including phenoxy) is 1. The summed E-state index contributed by atoms with van der Waals surface area (Å²) in [6, 6.07) is 9.17. The maximum Gasteiger partial charge on any atom is 0.333 e. The largest absolute Gasteiger partial charge is 0.463 e. The number of benzene rings is 1. The Hall–Kier alpha value is -2.10. The molecular weight excluding hydrogens is 290 g/mol. The van der Waals surface area contributed by atoms with Crippen LogP contribution in [0.15, 0.2) is 42.5 Å². The molecule has 0 heterocycles. The summed E-state index contributed by atoms with van der Waals surface area (Å²) in [5.74, 6) is -0.378. The molecule has 0 spiro atoms. The van der Waals surface area contributed by atoms with Crippen LogP contribution in [0.3, 0.4) is 0 Å². The van der Waals surface area contributed by atoms with E-state index in [2.05, 4.69) is 25.7 Å². The molecule has 0 unspecified atom stereocenters. The van der Waals surface area contributed by atoms with Gasteiger partial charge in [0.05, 0.1) is 6.61 Å². The van der Waals surface area contributed by atoms with Gasteiger partial charge in [-0.25, -0.2) is 4.79 Å². The summed E-state index contributed by atoms with van der Waals surface area (Å²) in [6.45, 7) is 10.8. The van der Waals surface area contributed by atoms with Crippen molar-refractivity contribution in [2.45, 2.75) is 40.0 Å². The van der Waals surface area contributed by atoms with E-state index in [9.17, 15) is 9.59 Å². The molecule has 0 saturated heterocycles. The van der Waals surface area contributed by atoms with E-state index in [1.165, 1.54) is 0 Å². The zero-order valence-electron chi connectivity index (χ0n) is 14.4. The Morgan fingerprint density at radius 3 is 2.48 bits per heavy atom. The summed E-state index contributed by atoms with van der Waals surface area (Å²) in [5, 5.41) is 2.91. The molecule has 23 heavy (non-hydrogen) atoms. The quantitative estimate of drug-likeness (QED) is 0.429. The number of nitrogens with one attached hydrogen (secondary N) is 1. The van der Waals surface area contributed by atoms with Crippen LogP contribution in [0.5, 0.6) is 0 Å². The second-order valence-electron chi connectivity index (χ2n) is 6.39. The molecule has 0 aliphatic rings. The van der Waals surface area contributed by atoms with Gasteiger partial charge in [-0.05, 0) is 43.7 Å². The molecule has 0 aliphatic carbocycles. The maximum absolute atomic E-state index is 11.9. The Labute approximate surface area is 138 Å². The molecule has 0 aromatic heterocycles. The summed E-state index contributed by atoms with van der Waals surface area (Å²) in [4.78, 5) is 23.5. The van der Waals surface area contributed by atoms with Crippen LogP contribution in [0.1, 0.15) is 50.4 Å². The highest BCUT2D eigenvalue weighted by Crippen LogP contribution is 2.30. The lowest BCUT2D eigenvalue weighted by Gasteiger charge is -2.25. The molecule has 0 aliphatic heterocycles. The van der Waals surface area contributed by atoms with Gasteiger partial charge >= 0.3 is 5.97 Å². The molecule has 1 rings (SSSR count). The molecule has 0 atom stereocenters. The van der Waals surface area contributed by atoms with Gasteiger partial charge < -0.3 is 10.1 Å². The Morgan fingerprint density at radius 1 is 1.22 bits per heavy atom. The van der Waals surface area contributed by atoms with Crippen molar-refractivity contribution in [2.24, 2.45) is 5.41 Å². The molecule has 126 valence electrons. The van der Waals surface area contributed by atoms with E-state index >= 15 is 0 Å². The summed E-state index contributed by atoms with van der Waals surface area (Å²) >= 11 is 0. The van der Waals surface area contributed by atoms with Gasteiger partial charge in [-0.15, -0.1) is 0 Å². The zero-order chi connectivity index (χ0) is 17.3. The van der Waals surface area contributed by atoms with Crippen molar-refractivity contribution in [3.63, 3.8) is 0 Å². The molecule has 1 amide bonds. The summed E-state index contributed by atoms with van der Waals surface area (Å²) < 4.78 is 4.96. The van der Waals surface area contributed by atoms with Crippen molar-refractivity contribution in [1.29, 1.82) is 0 Å². The monoisotopic (exact) mass is 317 g/mol. The number of carbonyl (C=O) groups is 2. The van der Waals surface area contributed by atoms with Gasteiger partial charge in [-0.2, -0.15) is 0 Å². The van der Waals surface area contributed by atoms with E-state index in [0.717, 1.165) is 12.8 Å². The fourth-order valence-corrected chi connectivity index (χ4v) is 2.43. The lowest BCUT2D eigenvalue weighted by atomic mass is 9.82. The third-order valence-electron chi connectivity index (χ3n) is 3.61. The molecular formula is C19H27NO3. The molecule has 0 bridgehead atoms. The summed E-state index contributed by atoms with van der Waals surface area (Å²) in [6.07, 6.45) is 2.33. The average Bonchev–Trinajstić information content (AvgIpc) is 2.52. The van der Waals surface area contributed by atoms with Crippen LogP contribution in [0, 0.1) is 5.41 Å². The number of esters is 1. The third-order valence-corrected chi connectivity index (χ3v) is 3.61. The smallest absolute Gasteiger partial charge is 0.333 e. The maximum atomic E-state index is 11.9. The molecule has 0 fully saturated rings. The Morgan fingerprint density at radius 2 is 1.87 bits per heavy atom. The first kappa shape index (κ1) is 18.9. The second-order valence-corrected chi connectivity index (χ2v) is 6.39. The van der Waals surface area contributed by atoms with E-state index in [0.29, 0.717) is 30.7 Å². The fourth-order valence-electron chi connectivity index (χ4n) is 2.43. The predicted molar refractivity (Wildman–Crippen MR) is 92.2 cm³/mol. The van der Waals surface area contributed by atoms with Crippen LogP contribution in [0.2, 0.25) is 0 Å². The summed E-state index contributed by atoms with van der Waals surface area (Å²) in [7, 11) is 0. The highest BCUT2D eigenvalue weighted by molar-refractivity contribution is 5.94. The Bertz CT molecular complexity index is 535. The summed E-state index contributed by atoms with van der Waals surface area (Å²) in [5.41, 5.74) is 1.12. The van der Waals surface area contributed by atoms with E-state index in [1.807, 2.05) is 18.2 Å². The van der Waals surface area contributed by atoms with Gasteiger partial charge in [-0.3, -0.25) is 4.79 Å². The molecule has 1 aromatic carbocycles. The van der Waals surface area contributed by atoms with Crippen LogP contribution in [-0.2, 0) is 9.53 Å². The minimum atomic E-state index is -0.321. The van der Waals surface area contributed by atoms with E-state index in [4.69, 9.17) is 4.74 Å². The van der Waals surface area contributed by atoms with Crippen molar-refractivity contribution in [1.82, 2.24) is 5.32 Å². The standard InChI is InChI=1S/C19H27NO3/c1-5-23-18(22)15(2)14-19(3,4)12-9-13-20-17(21)16-10-7-6-8-11-16/h6-8,10-11H,2,5,9,12-14H2,1,3-4H3,(H,20,21). The van der Waals surface area contributed by atoms with Gasteiger partial charge in [0.25, 0.3) is 5.91 Å². The number of amides is 1. The minimum absolute atomic E-state index is 0.0542. The van der Waals surface area contributed by atoms with Gasteiger partial charge in [0, 0.05) is 17.7 Å². The number of hydrogen-bond donors (Lipinski definition) is 1. The number of rotatable bonds is 9. The lowest BCUT2D eigenvalue weighted by Crippen LogP contribution is -2.26. The normalized spacial score (nSPS) is 10.9. The van der Waals surface area contributed by atoms with Crippen molar-refractivity contribution < 1.29 is 14.3 Å². The first-order valence-electron chi connectivity index (χ1n) is 8.04. The molecule has 4 nitrogen and oxygen atoms in total. The highest BCUT2D eigenvalue weighted by atomic mass is 16.5. The van der Waals surface area contributed by atoms with Gasteiger partial charge in [-0.1, -0.05) is 38.6 Å². The second kappa shape index (κ2) is 9.13. The fraction of sp³-hybridized carbons (Fsp3) is 0.474. The van der Waals surface area contributed by atoms with E-state index in [-0.39, 0.29) is 17.3 Å². The number of carbonyl (C=O) groups excluding carboxylic acids is 2. The Kier molecular flexibility index (Phi) is 7.52. The first-order valence-corrected chi connectivity index (χ1v) is 8.04. The van der Waals surface area contributed by atoms with E-state index in [1.54, 1.807) is 19.1 Å². The van der Waals surface area contributed by atoms with Crippen LogP contribution in [-0.4, -0.2) is 25.0 Å². The van der Waals surface area contributed by atoms with E-state index < -0.39 is 0 Å². The minimum Gasteiger partial charge on any atom is -0.463 e. The average molecular weight is 317 g/mol. The Balaban J connectivity index is 2.32. The predicted octanol–water partition coefficient (Wildman–Crippen LogP) is 3.73. The molecule has 1 aromatic rings. The van der Waals surface area contributed by atoms with Crippen molar-refractivity contribution in [3.05, 3.63) is 48.0 Å². The van der Waals surface area contributed by atoms with Crippen LogP contribution < -0.4 is 5.32 Å². The zero-order valence-corrected chi connectivity index (χ0v) is 14.4.